The van der Waals surface area contributed by atoms with Crippen LogP contribution in [-0.4, -0.2) is 28.3 Å². The Balaban J connectivity index is 2.43. The average molecular weight is 264 g/mol. The van der Waals surface area contributed by atoms with Gasteiger partial charge in [0, 0.05) is 5.56 Å². The molecular formula is C11H8F4O3. The molecule has 98 valence electrons. The van der Waals surface area contributed by atoms with Crippen molar-refractivity contribution in [1.82, 2.24) is 0 Å². The molecule has 3 unspecified atom stereocenters. The minimum absolute atomic E-state index is 0.197. The van der Waals surface area contributed by atoms with Gasteiger partial charge in [-0.1, -0.05) is 0 Å². The van der Waals surface area contributed by atoms with E-state index in [2.05, 4.69) is 0 Å². The number of ketones is 1. The summed E-state index contributed by atoms with van der Waals surface area (Å²) in [7, 11) is 0. The lowest BCUT2D eigenvalue weighted by Crippen LogP contribution is -2.40. The van der Waals surface area contributed by atoms with Gasteiger partial charge in [0.15, 0.2) is 11.9 Å². The summed E-state index contributed by atoms with van der Waals surface area (Å²) in [4.78, 5) is 11.7. The summed E-state index contributed by atoms with van der Waals surface area (Å²) in [6.07, 6.45) is -9.86. The van der Waals surface area contributed by atoms with Crippen LogP contribution in [0.1, 0.15) is 22.0 Å². The van der Waals surface area contributed by atoms with E-state index in [0.29, 0.717) is 0 Å². The monoisotopic (exact) mass is 264 g/mol. The quantitative estimate of drug-likeness (QED) is 0.757. The maximum absolute atomic E-state index is 12.9. The third kappa shape index (κ3) is 1.89. The predicted octanol–water partition coefficient (Wildman–Crippen LogP) is 1.59. The SMILES string of the molecule is O=C1c2ccc(F)cc2C(O)C1C(O)C(F)(F)F. The Morgan fingerprint density at radius 1 is 1.28 bits per heavy atom. The molecule has 7 heteroatoms. The number of hydrogen-bond donors (Lipinski definition) is 2. The van der Waals surface area contributed by atoms with E-state index >= 15 is 0 Å². The van der Waals surface area contributed by atoms with Gasteiger partial charge in [-0.2, -0.15) is 13.2 Å². The number of alkyl halides is 3. The van der Waals surface area contributed by atoms with Crippen LogP contribution >= 0.6 is 0 Å². The molecule has 3 nitrogen and oxygen atoms in total. The minimum Gasteiger partial charge on any atom is -0.388 e. The van der Waals surface area contributed by atoms with Gasteiger partial charge in [-0.15, -0.1) is 0 Å². The maximum Gasteiger partial charge on any atom is 0.415 e. The molecule has 2 rings (SSSR count). The van der Waals surface area contributed by atoms with E-state index in [1.807, 2.05) is 0 Å². The second-order valence-corrected chi connectivity index (χ2v) is 4.05. The van der Waals surface area contributed by atoms with Gasteiger partial charge in [-0.3, -0.25) is 4.79 Å². The number of carbonyl (C=O) groups is 1. The predicted molar refractivity (Wildman–Crippen MR) is 51.2 cm³/mol. The van der Waals surface area contributed by atoms with E-state index in [4.69, 9.17) is 5.11 Å². The number of benzene rings is 1. The van der Waals surface area contributed by atoms with Crippen LogP contribution < -0.4 is 0 Å². The molecule has 3 atom stereocenters. The Kier molecular flexibility index (Phi) is 2.90. The van der Waals surface area contributed by atoms with Gasteiger partial charge < -0.3 is 10.2 Å². The van der Waals surface area contributed by atoms with Crippen molar-refractivity contribution in [2.75, 3.05) is 0 Å². The van der Waals surface area contributed by atoms with Crippen LogP contribution in [0.5, 0.6) is 0 Å². The molecule has 0 amide bonds. The molecule has 0 spiro atoms. The van der Waals surface area contributed by atoms with E-state index in [1.54, 1.807) is 0 Å². The number of halogens is 4. The molecule has 0 aromatic heterocycles. The Labute approximate surface area is 98.7 Å². The first-order chi connectivity index (χ1) is 8.23. The van der Waals surface area contributed by atoms with Crippen molar-refractivity contribution in [2.45, 2.75) is 18.4 Å². The van der Waals surface area contributed by atoms with Crippen molar-refractivity contribution in [3.05, 3.63) is 35.1 Å². The zero-order valence-electron chi connectivity index (χ0n) is 8.78. The Morgan fingerprint density at radius 2 is 1.89 bits per heavy atom. The summed E-state index contributed by atoms with van der Waals surface area (Å²) in [5.41, 5.74) is -0.425. The number of carbonyl (C=O) groups excluding carboxylic acids is 1. The summed E-state index contributed by atoms with van der Waals surface area (Å²) in [5.74, 6) is -3.85. The van der Waals surface area contributed by atoms with E-state index in [9.17, 15) is 27.5 Å². The van der Waals surface area contributed by atoms with E-state index in [0.717, 1.165) is 18.2 Å². The fourth-order valence-corrected chi connectivity index (χ4v) is 2.04. The average Bonchev–Trinajstić information content (AvgIpc) is 2.49. The standard InChI is InChI=1S/C11H8F4O3/c12-4-1-2-5-6(3-4)9(17)7(8(5)16)10(18)11(13,14)15/h1-3,7,9-10,17-18H. The first kappa shape index (κ1) is 13.0. The lowest BCUT2D eigenvalue weighted by atomic mass is 9.95. The molecule has 0 heterocycles. The summed E-state index contributed by atoms with van der Waals surface area (Å²) in [6.45, 7) is 0. The highest BCUT2D eigenvalue weighted by Gasteiger charge is 2.53. The zero-order valence-corrected chi connectivity index (χ0v) is 8.78. The van der Waals surface area contributed by atoms with Crippen molar-refractivity contribution < 1.29 is 32.6 Å². The molecule has 0 bridgehead atoms. The fraction of sp³-hybridized carbons (Fsp3) is 0.364. The molecule has 1 aliphatic rings. The topological polar surface area (TPSA) is 57.5 Å². The number of aliphatic hydroxyl groups is 2. The smallest absolute Gasteiger partial charge is 0.388 e. The van der Waals surface area contributed by atoms with E-state index in [1.165, 1.54) is 0 Å². The molecule has 1 aromatic carbocycles. The first-order valence-corrected chi connectivity index (χ1v) is 5.00. The van der Waals surface area contributed by atoms with Crippen LogP contribution in [0.15, 0.2) is 18.2 Å². The number of aliphatic hydroxyl groups excluding tert-OH is 2. The van der Waals surface area contributed by atoms with Crippen LogP contribution in [0.3, 0.4) is 0 Å². The van der Waals surface area contributed by atoms with Gasteiger partial charge in [0.05, 0.1) is 12.0 Å². The fourth-order valence-electron chi connectivity index (χ4n) is 2.04. The van der Waals surface area contributed by atoms with Crippen LogP contribution in [0.4, 0.5) is 17.6 Å². The third-order valence-corrected chi connectivity index (χ3v) is 2.92. The van der Waals surface area contributed by atoms with Crippen molar-refractivity contribution in [2.24, 2.45) is 5.92 Å². The molecule has 1 aromatic rings. The molecule has 18 heavy (non-hydrogen) atoms. The van der Waals surface area contributed by atoms with Crippen LogP contribution in [0.25, 0.3) is 0 Å². The second-order valence-electron chi connectivity index (χ2n) is 4.05. The molecule has 0 saturated heterocycles. The van der Waals surface area contributed by atoms with Crippen molar-refractivity contribution in [3.63, 3.8) is 0 Å². The normalized spacial score (nSPS) is 25.1. The second kappa shape index (κ2) is 4.03. The van der Waals surface area contributed by atoms with Crippen molar-refractivity contribution in [1.29, 1.82) is 0 Å². The van der Waals surface area contributed by atoms with Crippen LogP contribution in [0, 0.1) is 11.7 Å². The van der Waals surface area contributed by atoms with Crippen LogP contribution in [-0.2, 0) is 0 Å². The van der Waals surface area contributed by atoms with Crippen molar-refractivity contribution >= 4 is 5.78 Å². The summed E-state index contributed by atoms with van der Waals surface area (Å²) in [6, 6.07) is 2.70. The highest BCUT2D eigenvalue weighted by Crippen LogP contribution is 2.42. The molecule has 1 aliphatic carbocycles. The van der Waals surface area contributed by atoms with Gasteiger partial charge in [0.2, 0.25) is 0 Å². The van der Waals surface area contributed by atoms with Gasteiger partial charge in [-0.05, 0) is 23.8 Å². The molecular weight excluding hydrogens is 256 g/mol. The molecule has 0 aliphatic heterocycles. The molecule has 0 saturated carbocycles. The van der Waals surface area contributed by atoms with Crippen molar-refractivity contribution in [3.8, 4) is 0 Å². The lowest BCUT2D eigenvalue weighted by molar-refractivity contribution is -0.221. The van der Waals surface area contributed by atoms with Gasteiger partial charge in [0.1, 0.15) is 5.82 Å². The van der Waals surface area contributed by atoms with Gasteiger partial charge in [-0.25, -0.2) is 4.39 Å². The zero-order chi connectivity index (χ0) is 13.7. The number of rotatable bonds is 1. The number of hydrogen-bond acceptors (Lipinski definition) is 3. The van der Waals surface area contributed by atoms with Crippen LogP contribution in [0.2, 0.25) is 0 Å². The maximum atomic E-state index is 12.9. The highest BCUT2D eigenvalue weighted by molar-refractivity contribution is 6.03. The van der Waals surface area contributed by atoms with E-state index in [-0.39, 0.29) is 11.1 Å². The van der Waals surface area contributed by atoms with Gasteiger partial charge >= 0.3 is 6.18 Å². The Hall–Kier alpha value is -1.47. The van der Waals surface area contributed by atoms with E-state index < -0.39 is 35.9 Å². The highest BCUT2D eigenvalue weighted by atomic mass is 19.4. The summed E-state index contributed by atoms with van der Waals surface area (Å²) in [5, 5.41) is 18.7. The molecule has 0 radical (unpaired) electrons. The Bertz CT molecular complexity index is 498. The lowest BCUT2D eigenvalue weighted by Gasteiger charge is -2.22. The number of fused-ring (bicyclic) bond motifs is 1. The first-order valence-electron chi connectivity index (χ1n) is 5.00. The minimum atomic E-state index is -5.03. The molecule has 0 fully saturated rings. The summed E-state index contributed by atoms with van der Waals surface area (Å²) < 4.78 is 50.0. The molecule has 2 N–H and O–H groups in total. The largest absolute Gasteiger partial charge is 0.415 e. The van der Waals surface area contributed by atoms with Gasteiger partial charge in [0.25, 0.3) is 0 Å². The number of Topliss-reactive ketones (excluding diaryl/α,β-unsaturated/α-hetero) is 1. The Morgan fingerprint density at radius 3 is 2.44 bits per heavy atom. The summed E-state index contributed by atoms with van der Waals surface area (Å²) >= 11 is 0. The third-order valence-electron chi connectivity index (χ3n) is 2.92.